The quantitative estimate of drug-likeness (QED) is 0.835. The van der Waals surface area contributed by atoms with Crippen molar-refractivity contribution in [3.8, 4) is 0 Å². The fraction of sp³-hybridized carbons (Fsp3) is 0.471. The SMILES string of the molecule is C=C1C(=O)N=C(n2nc(C3CC3)cc2NC(=O)OC(C)(C)C)N=C1C. The Hall–Kier alpha value is -2.77. The van der Waals surface area contributed by atoms with Crippen LogP contribution in [-0.2, 0) is 9.53 Å². The largest absolute Gasteiger partial charge is 0.444 e. The van der Waals surface area contributed by atoms with Gasteiger partial charge in [-0.25, -0.2) is 9.79 Å². The number of hydrogen-bond acceptors (Lipinski definition) is 5. The first-order valence-corrected chi connectivity index (χ1v) is 8.12. The van der Waals surface area contributed by atoms with Gasteiger partial charge in [0, 0.05) is 12.0 Å². The van der Waals surface area contributed by atoms with Crippen molar-refractivity contribution in [1.29, 1.82) is 0 Å². The summed E-state index contributed by atoms with van der Waals surface area (Å²) in [5, 5.41) is 7.13. The van der Waals surface area contributed by atoms with E-state index in [0.29, 0.717) is 17.4 Å². The Morgan fingerprint density at radius 3 is 2.60 bits per heavy atom. The van der Waals surface area contributed by atoms with E-state index < -0.39 is 17.6 Å². The molecule has 0 atom stereocenters. The highest BCUT2D eigenvalue weighted by Gasteiger charge is 2.30. The fourth-order valence-corrected chi connectivity index (χ4v) is 2.28. The van der Waals surface area contributed by atoms with Gasteiger partial charge in [-0.2, -0.15) is 14.8 Å². The van der Waals surface area contributed by atoms with Gasteiger partial charge in [0.05, 0.1) is 17.0 Å². The van der Waals surface area contributed by atoms with Crippen LogP contribution in [0.15, 0.2) is 28.2 Å². The number of aromatic nitrogens is 2. The van der Waals surface area contributed by atoms with Crippen molar-refractivity contribution in [2.45, 2.75) is 52.1 Å². The number of nitrogens with one attached hydrogen (secondary N) is 1. The average molecular weight is 343 g/mol. The zero-order valence-electron chi connectivity index (χ0n) is 14.8. The third-order valence-electron chi connectivity index (χ3n) is 3.71. The first-order valence-electron chi connectivity index (χ1n) is 8.12. The van der Waals surface area contributed by atoms with E-state index >= 15 is 0 Å². The molecule has 2 heterocycles. The minimum atomic E-state index is -0.626. The van der Waals surface area contributed by atoms with Gasteiger partial charge in [0.15, 0.2) is 0 Å². The van der Waals surface area contributed by atoms with Gasteiger partial charge < -0.3 is 4.74 Å². The van der Waals surface area contributed by atoms with Crippen LogP contribution in [-0.4, -0.2) is 39.1 Å². The summed E-state index contributed by atoms with van der Waals surface area (Å²) < 4.78 is 6.65. The van der Waals surface area contributed by atoms with Gasteiger partial charge in [-0.1, -0.05) is 6.58 Å². The molecule has 0 bridgehead atoms. The second-order valence-electron chi connectivity index (χ2n) is 7.16. The topological polar surface area (TPSA) is 97.9 Å². The Kier molecular flexibility index (Phi) is 4.06. The Labute approximate surface area is 145 Å². The standard InChI is InChI=1S/C17H21N5O3/c1-9-10(2)18-15(20-14(9)23)22-13(8-12(21-22)11-6-7-11)19-16(24)25-17(3,4)5/h8,11H,1,6-7H2,2-5H3,(H,19,24). The summed E-state index contributed by atoms with van der Waals surface area (Å²) in [5.41, 5.74) is 0.930. The third-order valence-corrected chi connectivity index (χ3v) is 3.71. The van der Waals surface area contributed by atoms with Gasteiger partial charge in [0.2, 0.25) is 0 Å². The molecule has 1 aromatic rings. The maximum atomic E-state index is 12.1. The molecular formula is C17H21N5O3. The highest BCUT2D eigenvalue weighted by molar-refractivity contribution is 6.27. The second kappa shape index (κ2) is 5.94. The molecule has 1 fully saturated rings. The third kappa shape index (κ3) is 3.84. The first-order chi connectivity index (χ1) is 11.6. The summed E-state index contributed by atoms with van der Waals surface area (Å²) in [7, 11) is 0. The second-order valence-corrected chi connectivity index (χ2v) is 7.16. The number of aliphatic imine (C=N–C) groups is 2. The number of amides is 2. The lowest BCUT2D eigenvalue weighted by molar-refractivity contribution is -0.113. The van der Waals surface area contributed by atoms with Crippen molar-refractivity contribution in [3.63, 3.8) is 0 Å². The van der Waals surface area contributed by atoms with Crippen molar-refractivity contribution in [1.82, 2.24) is 9.78 Å². The normalized spacial score (nSPS) is 17.9. The molecule has 8 heteroatoms. The van der Waals surface area contributed by atoms with Crippen LogP contribution < -0.4 is 5.32 Å². The molecule has 0 radical (unpaired) electrons. The van der Waals surface area contributed by atoms with Crippen molar-refractivity contribution in [2.75, 3.05) is 5.32 Å². The molecule has 1 saturated carbocycles. The summed E-state index contributed by atoms with van der Waals surface area (Å²) >= 11 is 0. The molecule has 2 aliphatic rings. The lowest BCUT2D eigenvalue weighted by Gasteiger charge is -2.20. The molecule has 0 aromatic carbocycles. The van der Waals surface area contributed by atoms with Crippen molar-refractivity contribution in [2.24, 2.45) is 9.98 Å². The minimum absolute atomic E-state index is 0.104. The lowest BCUT2D eigenvalue weighted by atomic mass is 10.2. The van der Waals surface area contributed by atoms with E-state index in [2.05, 4.69) is 27.0 Å². The summed E-state index contributed by atoms with van der Waals surface area (Å²) in [5.74, 6) is 0.370. The van der Waals surface area contributed by atoms with Gasteiger partial charge in [-0.15, -0.1) is 0 Å². The molecule has 132 valence electrons. The highest BCUT2D eigenvalue weighted by atomic mass is 16.6. The molecule has 2 amide bonds. The molecule has 3 rings (SSSR count). The van der Waals surface area contributed by atoms with E-state index in [1.807, 2.05) is 0 Å². The number of carbonyl (C=O) groups excluding carboxylic acids is 2. The highest BCUT2D eigenvalue weighted by Crippen LogP contribution is 2.40. The molecule has 0 unspecified atom stereocenters. The Balaban J connectivity index is 1.93. The molecule has 25 heavy (non-hydrogen) atoms. The Bertz CT molecular complexity index is 822. The summed E-state index contributed by atoms with van der Waals surface area (Å²) in [4.78, 5) is 32.2. The van der Waals surface area contributed by atoms with E-state index in [1.165, 1.54) is 4.68 Å². The van der Waals surface area contributed by atoms with Crippen LogP contribution in [0.25, 0.3) is 0 Å². The van der Waals surface area contributed by atoms with E-state index in [0.717, 1.165) is 18.5 Å². The summed E-state index contributed by atoms with van der Waals surface area (Å²) in [6, 6.07) is 1.77. The van der Waals surface area contributed by atoms with Crippen LogP contribution in [0.4, 0.5) is 10.6 Å². The van der Waals surface area contributed by atoms with Crippen LogP contribution >= 0.6 is 0 Å². The number of rotatable bonds is 2. The van der Waals surface area contributed by atoms with Crippen LogP contribution in [0.3, 0.4) is 0 Å². The van der Waals surface area contributed by atoms with Crippen LogP contribution in [0.1, 0.15) is 52.1 Å². The Morgan fingerprint density at radius 2 is 2.04 bits per heavy atom. The maximum Gasteiger partial charge on any atom is 0.413 e. The van der Waals surface area contributed by atoms with Gasteiger partial charge in [0.25, 0.3) is 11.9 Å². The van der Waals surface area contributed by atoms with Crippen molar-refractivity contribution >= 4 is 29.5 Å². The van der Waals surface area contributed by atoms with E-state index in [9.17, 15) is 9.59 Å². The zero-order chi connectivity index (χ0) is 18.4. The lowest BCUT2D eigenvalue weighted by Crippen LogP contribution is -2.29. The molecular weight excluding hydrogens is 322 g/mol. The van der Waals surface area contributed by atoms with Crippen molar-refractivity contribution < 1.29 is 14.3 Å². The van der Waals surface area contributed by atoms with Gasteiger partial charge in [0.1, 0.15) is 11.4 Å². The van der Waals surface area contributed by atoms with E-state index in [1.54, 1.807) is 33.8 Å². The van der Waals surface area contributed by atoms with Gasteiger partial charge in [-0.05, 0) is 40.5 Å². The number of carbonyl (C=O) groups is 2. The van der Waals surface area contributed by atoms with Crippen LogP contribution in [0.5, 0.6) is 0 Å². The van der Waals surface area contributed by atoms with Gasteiger partial charge in [-0.3, -0.25) is 10.1 Å². The predicted octanol–water partition coefficient (Wildman–Crippen LogP) is 2.87. The average Bonchev–Trinajstić information content (AvgIpc) is 3.24. The molecule has 1 aliphatic carbocycles. The zero-order valence-corrected chi connectivity index (χ0v) is 14.8. The number of nitrogens with zero attached hydrogens (tertiary/aromatic N) is 4. The monoisotopic (exact) mass is 343 g/mol. The molecule has 1 aliphatic heterocycles. The molecule has 1 N–H and O–H groups in total. The smallest absolute Gasteiger partial charge is 0.413 e. The maximum absolute atomic E-state index is 12.1. The van der Waals surface area contributed by atoms with Crippen molar-refractivity contribution in [3.05, 3.63) is 23.9 Å². The minimum Gasteiger partial charge on any atom is -0.444 e. The van der Waals surface area contributed by atoms with E-state index in [-0.39, 0.29) is 11.5 Å². The summed E-state index contributed by atoms with van der Waals surface area (Å²) in [6.45, 7) is 10.7. The van der Waals surface area contributed by atoms with Gasteiger partial charge >= 0.3 is 6.09 Å². The predicted molar refractivity (Wildman–Crippen MR) is 94.1 cm³/mol. The first kappa shape index (κ1) is 17.1. The van der Waals surface area contributed by atoms with E-state index in [4.69, 9.17) is 4.74 Å². The number of ether oxygens (including phenoxy) is 1. The molecule has 0 spiro atoms. The molecule has 8 nitrogen and oxygen atoms in total. The van der Waals surface area contributed by atoms with Crippen LogP contribution in [0.2, 0.25) is 0 Å². The number of anilines is 1. The molecule has 0 saturated heterocycles. The Morgan fingerprint density at radius 1 is 1.36 bits per heavy atom. The fourth-order valence-electron chi connectivity index (χ4n) is 2.28. The summed E-state index contributed by atoms with van der Waals surface area (Å²) in [6.07, 6.45) is 1.49. The van der Waals surface area contributed by atoms with Crippen LogP contribution in [0, 0.1) is 0 Å². The number of hydrogen-bond donors (Lipinski definition) is 1. The molecule has 1 aromatic heterocycles.